The molecule has 0 aliphatic carbocycles. The van der Waals surface area contributed by atoms with Gasteiger partial charge in [-0.1, -0.05) is 11.6 Å². The quantitative estimate of drug-likeness (QED) is 0.775. The molecule has 0 atom stereocenters. The number of rotatable bonds is 3. The van der Waals surface area contributed by atoms with Crippen molar-refractivity contribution in [2.24, 2.45) is 0 Å². The van der Waals surface area contributed by atoms with Crippen LogP contribution in [-0.2, 0) is 0 Å². The summed E-state index contributed by atoms with van der Waals surface area (Å²) in [5, 5.41) is 5.04. The average molecular weight is 323 g/mol. The molecule has 0 aliphatic rings. The fraction of sp³-hybridized carbons (Fsp3) is 0. The van der Waals surface area contributed by atoms with E-state index in [4.69, 9.17) is 16.0 Å². The maximum absolute atomic E-state index is 13.6. The third-order valence-electron chi connectivity index (χ3n) is 2.68. The minimum Gasteiger partial charge on any atom is -0.472 e. The third-order valence-corrected chi connectivity index (χ3v) is 3.81. The molecule has 3 aromatic rings. The van der Waals surface area contributed by atoms with Crippen LogP contribution in [0, 0.1) is 5.82 Å². The predicted octanol–water partition coefficient (Wildman–Crippen LogP) is 4.45. The van der Waals surface area contributed by atoms with E-state index in [1.807, 2.05) is 0 Å². The number of aromatic nitrogens is 1. The zero-order valence-corrected chi connectivity index (χ0v) is 12.0. The van der Waals surface area contributed by atoms with E-state index in [-0.39, 0.29) is 11.4 Å². The zero-order valence-electron chi connectivity index (χ0n) is 10.5. The summed E-state index contributed by atoms with van der Waals surface area (Å²) in [6.45, 7) is 0. The number of carbonyl (C=O) groups excluding carboxylic acids is 1. The van der Waals surface area contributed by atoms with Crippen LogP contribution in [0.5, 0.6) is 0 Å². The monoisotopic (exact) mass is 322 g/mol. The number of nitrogens with one attached hydrogen (secondary N) is 1. The standard InChI is InChI=1S/C14H8ClFN2O2S/c15-9-1-2-10(16)11(5-9)17-13(19)12-7-21-14(18-12)8-3-4-20-6-8/h1-7H,(H,17,19). The van der Waals surface area contributed by atoms with Gasteiger partial charge in [0.15, 0.2) is 0 Å². The van der Waals surface area contributed by atoms with Crippen molar-refractivity contribution >= 4 is 34.5 Å². The van der Waals surface area contributed by atoms with Gasteiger partial charge in [-0.15, -0.1) is 11.3 Å². The molecule has 21 heavy (non-hydrogen) atoms. The lowest BCUT2D eigenvalue weighted by Gasteiger charge is -2.04. The Morgan fingerprint density at radius 2 is 2.24 bits per heavy atom. The average Bonchev–Trinajstić information content (AvgIpc) is 3.12. The van der Waals surface area contributed by atoms with E-state index in [1.54, 1.807) is 11.4 Å². The van der Waals surface area contributed by atoms with Gasteiger partial charge in [0.1, 0.15) is 22.8 Å². The maximum Gasteiger partial charge on any atom is 0.275 e. The molecule has 0 aliphatic heterocycles. The fourth-order valence-corrected chi connectivity index (χ4v) is 2.63. The minimum atomic E-state index is -0.557. The molecular formula is C14H8ClFN2O2S. The Balaban J connectivity index is 1.81. The molecule has 4 nitrogen and oxygen atoms in total. The Morgan fingerprint density at radius 1 is 1.38 bits per heavy atom. The van der Waals surface area contributed by atoms with Gasteiger partial charge in [-0.25, -0.2) is 9.37 Å². The van der Waals surface area contributed by atoms with Gasteiger partial charge in [-0.05, 0) is 24.3 Å². The SMILES string of the molecule is O=C(Nc1cc(Cl)ccc1F)c1csc(-c2ccoc2)n1. The van der Waals surface area contributed by atoms with Crippen LogP contribution in [0.25, 0.3) is 10.6 Å². The van der Waals surface area contributed by atoms with Crippen LogP contribution in [0.15, 0.2) is 46.6 Å². The fourth-order valence-electron chi connectivity index (χ4n) is 1.68. The lowest BCUT2D eigenvalue weighted by molar-refractivity contribution is 0.102. The van der Waals surface area contributed by atoms with E-state index in [0.29, 0.717) is 10.0 Å². The number of benzene rings is 1. The maximum atomic E-state index is 13.6. The van der Waals surface area contributed by atoms with Crippen molar-refractivity contribution in [3.05, 3.63) is 58.7 Å². The molecule has 3 rings (SSSR count). The number of thiazole rings is 1. The van der Waals surface area contributed by atoms with Crippen LogP contribution in [0.3, 0.4) is 0 Å². The van der Waals surface area contributed by atoms with Gasteiger partial charge in [0.2, 0.25) is 0 Å². The summed E-state index contributed by atoms with van der Waals surface area (Å²) in [6, 6.07) is 5.69. The molecule has 0 saturated carbocycles. The number of amides is 1. The molecule has 1 amide bonds. The highest BCUT2D eigenvalue weighted by Crippen LogP contribution is 2.25. The summed E-state index contributed by atoms with van der Waals surface area (Å²) in [5.41, 5.74) is 1.01. The highest BCUT2D eigenvalue weighted by atomic mass is 35.5. The molecule has 2 heterocycles. The second-order valence-corrected chi connectivity index (χ2v) is 5.42. The van der Waals surface area contributed by atoms with Crippen molar-refractivity contribution in [1.82, 2.24) is 4.98 Å². The van der Waals surface area contributed by atoms with E-state index in [9.17, 15) is 9.18 Å². The first-order valence-corrected chi connectivity index (χ1v) is 7.14. The van der Waals surface area contributed by atoms with Crippen LogP contribution in [0.4, 0.5) is 10.1 Å². The van der Waals surface area contributed by atoms with Crippen LogP contribution >= 0.6 is 22.9 Å². The van der Waals surface area contributed by atoms with Gasteiger partial charge >= 0.3 is 0 Å². The topological polar surface area (TPSA) is 55.1 Å². The van der Waals surface area contributed by atoms with Crippen molar-refractivity contribution in [2.45, 2.75) is 0 Å². The van der Waals surface area contributed by atoms with Crippen molar-refractivity contribution in [3.63, 3.8) is 0 Å². The molecule has 0 radical (unpaired) electrons. The van der Waals surface area contributed by atoms with E-state index in [2.05, 4.69) is 10.3 Å². The summed E-state index contributed by atoms with van der Waals surface area (Å²) in [7, 11) is 0. The van der Waals surface area contributed by atoms with Gasteiger partial charge < -0.3 is 9.73 Å². The molecule has 0 unspecified atom stereocenters. The van der Waals surface area contributed by atoms with Gasteiger partial charge in [0, 0.05) is 16.0 Å². The second kappa shape index (κ2) is 5.67. The normalized spacial score (nSPS) is 10.6. The Kier molecular flexibility index (Phi) is 3.72. The number of carbonyl (C=O) groups is 1. The summed E-state index contributed by atoms with van der Waals surface area (Å²) < 4.78 is 18.5. The van der Waals surface area contributed by atoms with Gasteiger partial charge in [0.25, 0.3) is 5.91 Å². The van der Waals surface area contributed by atoms with E-state index in [1.165, 1.54) is 42.1 Å². The van der Waals surface area contributed by atoms with E-state index in [0.717, 1.165) is 5.56 Å². The van der Waals surface area contributed by atoms with Crippen molar-refractivity contribution in [3.8, 4) is 10.6 Å². The van der Waals surface area contributed by atoms with Gasteiger partial charge in [-0.2, -0.15) is 0 Å². The molecule has 106 valence electrons. The van der Waals surface area contributed by atoms with Gasteiger partial charge in [-0.3, -0.25) is 4.79 Å². The van der Waals surface area contributed by atoms with E-state index >= 15 is 0 Å². The lowest BCUT2D eigenvalue weighted by Crippen LogP contribution is -2.13. The Bertz CT molecular complexity index is 786. The van der Waals surface area contributed by atoms with Crippen LogP contribution in [0.1, 0.15) is 10.5 Å². The van der Waals surface area contributed by atoms with Crippen LogP contribution in [0.2, 0.25) is 5.02 Å². The number of hydrogen-bond acceptors (Lipinski definition) is 4. The highest BCUT2D eigenvalue weighted by Gasteiger charge is 2.14. The molecule has 0 spiro atoms. The largest absolute Gasteiger partial charge is 0.472 e. The Morgan fingerprint density at radius 3 is 3.00 bits per heavy atom. The Hall–Kier alpha value is -2.18. The third kappa shape index (κ3) is 2.96. The summed E-state index contributed by atoms with van der Waals surface area (Å²) in [6.07, 6.45) is 3.06. The molecule has 0 saturated heterocycles. The number of halogens is 2. The molecule has 7 heteroatoms. The number of nitrogens with zero attached hydrogens (tertiary/aromatic N) is 1. The molecule has 2 aromatic heterocycles. The van der Waals surface area contributed by atoms with E-state index < -0.39 is 11.7 Å². The summed E-state index contributed by atoms with van der Waals surface area (Å²) in [5.74, 6) is -1.06. The molecule has 0 fully saturated rings. The Labute approximate surface area is 128 Å². The summed E-state index contributed by atoms with van der Waals surface area (Å²) in [4.78, 5) is 16.3. The molecule has 0 bridgehead atoms. The van der Waals surface area contributed by atoms with Crippen molar-refractivity contribution < 1.29 is 13.6 Å². The molecule has 1 N–H and O–H groups in total. The smallest absolute Gasteiger partial charge is 0.275 e. The second-order valence-electron chi connectivity index (χ2n) is 4.13. The number of anilines is 1. The summed E-state index contributed by atoms with van der Waals surface area (Å²) >= 11 is 7.08. The lowest BCUT2D eigenvalue weighted by atomic mass is 10.3. The first-order valence-electron chi connectivity index (χ1n) is 5.88. The highest BCUT2D eigenvalue weighted by molar-refractivity contribution is 7.13. The van der Waals surface area contributed by atoms with Crippen molar-refractivity contribution in [1.29, 1.82) is 0 Å². The molecule has 1 aromatic carbocycles. The molecular weight excluding hydrogens is 315 g/mol. The van der Waals surface area contributed by atoms with Crippen molar-refractivity contribution in [2.75, 3.05) is 5.32 Å². The number of hydrogen-bond donors (Lipinski definition) is 1. The predicted molar refractivity (Wildman–Crippen MR) is 79.2 cm³/mol. The van der Waals surface area contributed by atoms with Gasteiger partial charge in [0.05, 0.1) is 12.0 Å². The van der Waals surface area contributed by atoms with Crippen LogP contribution < -0.4 is 5.32 Å². The minimum absolute atomic E-state index is 0.0189. The van der Waals surface area contributed by atoms with Crippen LogP contribution in [-0.4, -0.2) is 10.9 Å². The first kappa shape index (κ1) is 13.8. The number of furan rings is 1. The zero-order chi connectivity index (χ0) is 14.8. The first-order chi connectivity index (χ1) is 10.1.